The third-order valence-corrected chi connectivity index (χ3v) is 10.5. The van der Waals surface area contributed by atoms with Gasteiger partial charge < -0.3 is 13.9 Å². The molecule has 0 N–H and O–H groups in total. The van der Waals surface area contributed by atoms with Crippen LogP contribution in [0.5, 0.6) is 0 Å². The second-order valence-corrected chi connectivity index (χ2v) is 13.3. The number of benzene rings is 9. The quantitative estimate of drug-likeness (QED) is 0.177. The number of furan rings is 1. The average Bonchev–Trinajstić information content (AvgIpc) is 3.74. The maximum absolute atomic E-state index is 6.55. The van der Waals surface area contributed by atoms with E-state index in [9.17, 15) is 0 Å². The maximum Gasteiger partial charge on any atom is 0.143 e. The molecule has 0 bridgehead atoms. The Hall–Kier alpha value is -6.84. The van der Waals surface area contributed by atoms with Gasteiger partial charge in [-0.25, -0.2) is 0 Å². The highest BCUT2D eigenvalue weighted by molar-refractivity contribution is 6.17. The lowest BCUT2D eigenvalue weighted by atomic mass is 9.99. The van der Waals surface area contributed by atoms with E-state index in [0.29, 0.717) is 0 Å². The minimum absolute atomic E-state index is 0.884. The van der Waals surface area contributed by atoms with Crippen LogP contribution in [0.3, 0.4) is 0 Å². The summed E-state index contributed by atoms with van der Waals surface area (Å²) in [5.74, 6) is 0. The third-order valence-electron chi connectivity index (χ3n) is 10.5. The van der Waals surface area contributed by atoms with E-state index >= 15 is 0 Å². The lowest BCUT2D eigenvalue weighted by molar-refractivity contribution is 0.672. The molecule has 0 spiro atoms. The number of nitrogens with zero attached hydrogens (tertiary/aromatic N) is 2. The van der Waals surface area contributed by atoms with E-state index in [4.69, 9.17) is 4.42 Å². The van der Waals surface area contributed by atoms with Gasteiger partial charge >= 0.3 is 0 Å². The van der Waals surface area contributed by atoms with E-state index in [1.165, 1.54) is 48.7 Å². The zero-order valence-corrected chi connectivity index (χ0v) is 27.6. The second-order valence-electron chi connectivity index (χ2n) is 13.3. The number of hydrogen-bond donors (Lipinski definition) is 0. The molecule has 51 heavy (non-hydrogen) atoms. The van der Waals surface area contributed by atoms with Gasteiger partial charge in [0.1, 0.15) is 11.2 Å². The van der Waals surface area contributed by atoms with Gasteiger partial charge in [-0.05, 0) is 88.3 Å². The fraction of sp³-hybridized carbons (Fsp3) is 0. The fourth-order valence-corrected chi connectivity index (χ4v) is 8.23. The Kier molecular flexibility index (Phi) is 5.96. The van der Waals surface area contributed by atoms with Crippen LogP contribution in [0, 0.1) is 0 Å². The summed E-state index contributed by atoms with van der Waals surface area (Å²) in [4.78, 5) is 2.41. The predicted octanol–water partition coefficient (Wildman–Crippen LogP) is 13.6. The summed E-state index contributed by atoms with van der Waals surface area (Å²) >= 11 is 0. The smallest absolute Gasteiger partial charge is 0.143 e. The number of hydrogen-bond acceptors (Lipinski definition) is 2. The molecule has 0 saturated carbocycles. The van der Waals surface area contributed by atoms with Gasteiger partial charge in [-0.2, -0.15) is 0 Å². The number of anilines is 3. The lowest BCUT2D eigenvalue weighted by Crippen LogP contribution is -2.11. The third kappa shape index (κ3) is 4.19. The molecule has 3 heteroatoms. The van der Waals surface area contributed by atoms with Gasteiger partial charge in [0.2, 0.25) is 0 Å². The molecule has 0 aliphatic carbocycles. The van der Waals surface area contributed by atoms with Gasteiger partial charge in [0.05, 0.1) is 16.7 Å². The zero-order valence-electron chi connectivity index (χ0n) is 27.6. The Balaban J connectivity index is 1.16. The van der Waals surface area contributed by atoms with Crippen molar-refractivity contribution in [2.24, 2.45) is 0 Å². The molecule has 11 aromatic rings. The molecule has 9 aromatic carbocycles. The van der Waals surface area contributed by atoms with E-state index in [1.807, 2.05) is 0 Å². The van der Waals surface area contributed by atoms with Crippen molar-refractivity contribution in [3.05, 3.63) is 182 Å². The first-order chi connectivity index (χ1) is 25.3. The number of fused-ring (bicyclic) bond motifs is 11. The van der Waals surface area contributed by atoms with Crippen LogP contribution in [0.1, 0.15) is 0 Å². The van der Waals surface area contributed by atoms with Crippen molar-refractivity contribution in [1.82, 2.24) is 4.57 Å². The Morgan fingerprint density at radius 3 is 1.71 bits per heavy atom. The first kappa shape index (κ1) is 28.0. The lowest BCUT2D eigenvalue weighted by Gasteiger charge is -2.28. The predicted molar refractivity (Wildman–Crippen MR) is 215 cm³/mol. The number of para-hydroxylation sites is 2. The van der Waals surface area contributed by atoms with Crippen LogP contribution in [-0.2, 0) is 0 Å². The van der Waals surface area contributed by atoms with Crippen LogP contribution in [0.25, 0.3) is 81.7 Å². The summed E-state index contributed by atoms with van der Waals surface area (Å²) in [5.41, 5.74) is 8.63. The Labute approximate surface area is 293 Å². The van der Waals surface area contributed by atoms with Crippen molar-refractivity contribution in [2.75, 3.05) is 4.90 Å². The monoisotopic (exact) mass is 650 g/mol. The maximum atomic E-state index is 6.55. The highest BCUT2D eigenvalue weighted by atomic mass is 16.3. The van der Waals surface area contributed by atoms with Crippen molar-refractivity contribution >= 4 is 93.1 Å². The van der Waals surface area contributed by atoms with Crippen molar-refractivity contribution < 1.29 is 4.42 Å². The van der Waals surface area contributed by atoms with Gasteiger partial charge in [-0.15, -0.1) is 0 Å². The zero-order chi connectivity index (χ0) is 33.5. The van der Waals surface area contributed by atoms with Crippen LogP contribution < -0.4 is 4.90 Å². The molecule has 0 atom stereocenters. The molecule has 0 aliphatic heterocycles. The topological polar surface area (TPSA) is 21.3 Å². The summed E-state index contributed by atoms with van der Waals surface area (Å²) in [6.07, 6.45) is 0. The Morgan fingerprint density at radius 2 is 0.961 bits per heavy atom. The van der Waals surface area contributed by atoms with Crippen molar-refractivity contribution in [3.63, 3.8) is 0 Å². The summed E-state index contributed by atoms with van der Waals surface area (Å²) < 4.78 is 8.92. The largest absolute Gasteiger partial charge is 0.455 e. The van der Waals surface area contributed by atoms with Crippen molar-refractivity contribution in [2.45, 2.75) is 0 Å². The van der Waals surface area contributed by atoms with Crippen LogP contribution in [0.4, 0.5) is 17.1 Å². The Morgan fingerprint density at radius 1 is 0.373 bits per heavy atom. The Bertz CT molecular complexity index is 3090. The average molecular weight is 651 g/mol. The molecule has 11 rings (SSSR count). The molecule has 0 fully saturated rings. The standard InChI is InChI=1S/C48H30N2O/c1-4-14-37-31(11-1)21-27-42-43-30-35(26-28-47(43)51-48(37)42)49(46-29-32-12-2-3-13-36(32)38-15-5-6-16-39(38)46)33-22-24-34(25-23-33)50-44-19-9-7-17-40(44)41-18-8-10-20-45(41)50/h1-30H. The highest BCUT2D eigenvalue weighted by Gasteiger charge is 2.20. The van der Waals surface area contributed by atoms with Gasteiger partial charge in [0.25, 0.3) is 0 Å². The van der Waals surface area contributed by atoms with Crippen LogP contribution in [-0.4, -0.2) is 4.57 Å². The number of aromatic nitrogens is 1. The molecule has 0 amide bonds. The van der Waals surface area contributed by atoms with E-state index in [0.717, 1.165) is 50.1 Å². The van der Waals surface area contributed by atoms with E-state index in [2.05, 4.69) is 191 Å². The molecular formula is C48H30N2O. The van der Waals surface area contributed by atoms with E-state index in [1.54, 1.807) is 0 Å². The number of rotatable bonds is 4. The molecule has 3 nitrogen and oxygen atoms in total. The molecule has 2 aromatic heterocycles. The molecular weight excluding hydrogens is 621 g/mol. The first-order valence-corrected chi connectivity index (χ1v) is 17.4. The van der Waals surface area contributed by atoms with Gasteiger partial charge in [-0.1, -0.05) is 115 Å². The SMILES string of the molecule is c1ccc2c(c1)cc(N(c1ccc(-n3c4ccccc4c4ccccc43)cc1)c1ccc3oc4c5ccccc5ccc4c3c1)c1ccccc12. The molecule has 0 radical (unpaired) electrons. The first-order valence-electron chi connectivity index (χ1n) is 17.4. The van der Waals surface area contributed by atoms with Crippen molar-refractivity contribution in [3.8, 4) is 5.69 Å². The van der Waals surface area contributed by atoms with Crippen molar-refractivity contribution in [1.29, 1.82) is 0 Å². The molecule has 238 valence electrons. The van der Waals surface area contributed by atoms with Gasteiger partial charge in [0.15, 0.2) is 0 Å². The van der Waals surface area contributed by atoms with Crippen LogP contribution >= 0.6 is 0 Å². The minimum atomic E-state index is 0.884. The van der Waals surface area contributed by atoms with E-state index in [-0.39, 0.29) is 0 Å². The fourth-order valence-electron chi connectivity index (χ4n) is 8.23. The molecule has 2 heterocycles. The summed E-state index contributed by atoms with van der Waals surface area (Å²) in [6.45, 7) is 0. The summed E-state index contributed by atoms with van der Waals surface area (Å²) in [7, 11) is 0. The molecule has 0 aliphatic rings. The van der Waals surface area contributed by atoms with E-state index < -0.39 is 0 Å². The highest BCUT2D eigenvalue weighted by Crippen LogP contribution is 2.44. The molecule has 0 saturated heterocycles. The van der Waals surface area contributed by atoms with Gasteiger partial charge in [0, 0.05) is 49.4 Å². The molecule has 0 unspecified atom stereocenters. The normalized spacial score (nSPS) is 11.9. The summed E-state index contributed by atoms with van der Waals surface area (Å²) in [5, 5.41) is 11.9. The van der Waals surface area contributed by atoms with Gasteiger partial charge in [-0.3, -0.25) is 0 Å². The minimum Gasteiger partial charge on any atom is -0.455 e. The summed E-state index contributed by atoms with van der Waals surface area (Å²) in [6, 6.07) is 65.6. The second kappa shape index (κ2) is 10.8. The van der Waals surface area contributed by atoms with Crippen LogP contribution in [0.15, 0.2) is 186 Å². The van der Waals surface area contributed by atoms with Crippen LogP contribution in [0.2, 0.25) is 0 Å².